The van der Waals surface area contributed by atoms with Crippen molar-refractivity contribution in [2.45, 2.75) is 26.4 Å². The standard InChI is InChI=1S/C26H25N3O5/c1-26(2,3)34-25(32)28-18-14-16(23(30)33-4)13-17(15-18)27-24(31)29-21-11-7-5-9-19(21)20-10-6-8-12-22(20)29/h5-15H,1-4H3,(H,27,31)(H,28,32). The van der Waals surface area contributed by atoms with Gasteiger partial charge in [-0.2, -0.15) is 0 Å². The molecule has 0 bridgehead atoms. The highest BCUT2D eigenvalue weighted by Gasteiger charge is 2.19. The summed E-state index contributed by atoms with van der Waals surface area (Å²) in [6, 6.07) is 19.3. The van der Waals surface area contributed by atoms with E-state index in [4.69, 9.17) is 9.47 Å². The highest BCUT2D eigenvalue weighted by molar-refractivity contribution is 6.15. The summed E-state index contributed by atoms with van der Waals surface area (Å²) in [7, 11) is 1.26. The number of aromatic nitrogens is 1. The van der Waals surface area contributed by atoms with Gasteiger partial charge in [-0.15, -0.1) is 0 Å². The van der Waals surface area contributed by atoms with Crippen molar-refractivity contribution >= 4 is 51.3 Å². The fourth-order valence-corrected chi connectivity index (χ4v) is 3.75. The minimum atomic E-state index is -0.697. The summed E-state index contributed by atoms with van der Waals surface area (Å²) >= 11 is 0. The number of hydrogen-bond acceptors (Lipinski definition) is 5. The number of fused-ring (bicyclic) bond motifs is 3. The lowest BCUT2D eigenvalue weighted by molar-refractivity contribution is 0.0596. The minimum Gasteiger partial charge on any atom is -0.465 e. The molecule has 4 aromatic rings. The lowest BCUT2D eigenvalue weighted by Gasteiger charge is -2.20. The van der Waals surface area contributed by atoms with Gasteiger partial charge in [-0.25, -0.2) is 14.4 Å². The van der Waals surface area contributed by atoms with Gasteiger partial charge in [0.15, 0.2) is 0 Å². The summed E-state index contributed by atoms with van der Waals surface area (Å²) in [4.78, 5) is 37.9. The SMILES string of the molecule is COC(=O)c1cc(NC(=O)OC(C)(C)C)cc(NC(=O)n2c3ccccc3c3ccccc32)c1. The normalized spacial score (nSPS) is 11.3. The summed E-state index contributed by atoms with van der Waals surface area (Å²) in [5.41, 5.74) is 1.54. The molecule has 2 N–H and O–H groups in total. The fourth-order valence-electron chi connectivity index (χ4n) is 3.75. The maximum atomic E-state index is 13.4. The molecule has 174 valence electrons. The number of esters is 1. The zero-order valence-electron chi connectivity index (χ0n) is 19.3. The number of methoxy groups -OCH3 is 1. The second kappa shape index (κ2) is 8.90. The third-order valence-corrected chi connectivity index (χ3v) is 5.03. The van der Waals surface area contributed by atoms with Crippen LogP contribution in [0.25, 0.3) is 21.8 Å². The second-order valence-corrected chi connectivity index (χ2v) is 8.72. The Morgan fingerprint density at radius 2 is 1.32 bits per heavy atom. The maximum absolute atomic E-state index is 13.4. The zero-order chi connectivity index (χ0) is 24.5. The Morgan fingerprint density at radius 1 is 0.794 bits per heavy atom. The van der Waals surface area contributed by atoms with Gasteiger partial charge in [0.25, 0.3) is 0 Å². The van der Waals surface area contributed by atoms with Crippen molar-refractivity contribution in [2.75, 3.05) is 17.7 Å². The molecule has 0 saturated carbocycles. The van der Waals surface area contributed by atoms with Gasteiger partial charge in [0.2, 0.25) is 0 Å². The average Bonchev–Trinajstić information content (AvgIpc) is 3.11. The first kappa shape index (κ1) is 22.8. The van der Waals surface area contributed by atoms with Gasteiger partial charge in [-0.05, 0) is 51.1 Å². The minimum absolute atomic E-state index is 0.161. The van der Waals surface area contributed by atoms with E-state index < -0.39 is 23.7 Å². The van der Waals surface area contributed by atoms with Crippen LogP contribution in [0.5, 0.6) is 0 Å². The molecule has 1 heterocycles. The van der Waals surface area contributed by atoms with Gasteiger partial charge in [-0.1, -0.05) is 36.4 Å². The molecule has 3 aromatic carbocycles. The number of carbonyl (C=O) groups is 3. The van der Waals surface area contributed by atoms with Gasteiger partial charge in [0, 0.05) is 22.1 Å². The summed E-state index contributed by atoms with van der Waals surface area (Å²) in [5.74, 6) is -0.611. The van der Waals surface area contributed by atoms with E-state index in [1.165, 1.54) is 19.2 Å². The van der Waals surface area contributed by atoms with E-state index in [0.29, 0.717) is 5.69 Å². The lowest BCUT2D eigenvalue weighted by atomic mass is 10.1. The molecular formula is C26H25N3O5. The number of benzene rings is 3. The van der Waals surface area contributed by atoms with Crippen LogP contribution < -0.4 is 10.6 Å². The van der Waals surface area contributed by atoms with Crippen molar-refractivity contribution in [3.8, 4) is 0 Å². The van der Waals surface area contributed by atoms with Gasteiger partial charge in [-0.3, -0.25) is 9.88 Å². The molecule has 0 fully saturated rings. The van der Waals surface area contributed by atoms with Crippen LogP contribution in [-0.2, 0) is 9.47 Å². The molecule has 4 rings (SSSR count). The molecule has 8 nitrogen and oxygen atoms in total. The molecule has 0 atom stereocenters. The molecule has 8 heteroatoms. The van der Waals surface area contributed by atoms with Crippen LogP contribution in [0.1, 0.15) is 31.1 Å². The molecule has 0 spiro atoms. The molecule has 0 aliphatic heterocycles. The van der Waals surface area contributed by atoms with Crippen LogP contribution in [0.2, 0.25) is 0 Å². The number of anilines is 2. The van der Waals surface area contributed by atoms with Crippen LogP contribution in [0.4, 0.5) is 21.0 Å². The van der Waals surface area contributed by atoms with Crippen LogP contribution >= 0.6 is 0 Å². The number of ether oxygens (including phenoxy) is 2. The van der Waals surface area contributed by atoms with Crippen molar-refractivity contribution in [3.05, 3.63) is 72.3 Å². The predicted octanol–water partition coefficient (Wildman–Crippen LogP) is 6.01. The monoisotopic (exact) mass is 459 g/mol. The Bertz CT molecular complexity index is 1360. The number of amides is 2. The summed E-state index contributed by atoms with van der Waals surface area (Å²) < 4.78 is 11.7. The Kier molecular flexibility index (Phi) is 5.98. The topological polar surface area (TPSA) is 98.7 Å². The van der Waals surface area contributed by atoms with Crippen LogP contribution in [0.3, 0.4) is 0 Å². The Morgan fingerprint density at radius 3 is 1.85 bits per heavy atom. The number of nitrogens with one attached hydrogen (secondary N) is 2. The molecule has 34 heavy (non-hydrogen) atoms. The smallest absolute Gasteiger partial charge is 0.412 e. The van der Waals surface area contributed by atoms with Crippen molar-refractivity contribution in [3.63, 3.8) is 0 Å². The molecule has 2 amide bonds. The molecule has 0 unspecified atom stereocenters. The highest BCUT2D eigenvalue weighted by Crippen LogP contribution is 2.29. The highest BCUT2D eigenvalue weighted by atomic mass is 16.6. The number of para-hydroxylation sites is 2. The van der Waals surface area contributed by atoms with Crippen molar-refractivity contribution in [1.82, 2.24) is 4.57 Å². The number of hydrogen-bond donors (Lipinski definition) is 2. The summed E-state index contributed by atoms with van der Waals surface area (Å²) in [5, 5.41) is 7.33. The van der Waals surface area contributed by atoms with E-state index >= 15 is 0 Å². The fraction of sp³-hybridized carbons (Fsp3) is 0.192. The van der Waals surface area contributed by atoms with Crippen LogP contribution in [-0.4, -0.2) is 35.4 Å². The van der Waals surface area contributed by atoms with Crippen molar-refractivity contribution in [2.24, 2.45) is 0 Å². The molecule has 0 aliphatic rings. The van der Waals surface area contributed by atoms with E-state index in [2.05, 4.69) is 10.6 Å². The average molecular weight is 460 g/mol. The molecule has 1 aromatic heterocycles. The lowest BCUT2D eigenvalue weighted by Crippen LogP contribution is -2.27. The Labute approximate surface area is 196 Å². The largest absolute Gasteiger partial charge is 0.465 e. The van der Waals surface area contributed by atoms with Gasteiger partial charge >= 0.3 is 18.1 Å². The van der Waals surface area contributed by atoms with Crippen LogP contribution in [0, 0.1) is 0 Å². The number of nitrogens with zero attached hydrogens (tertiary/aromatic N) is 1. The first-order valence-electron chi connectivity index (χ1n) is 10.7. The van der Waals surface area contributed by atoms with Crippen LogP contribution in [0.15, 0.2) is 66.7 Å². The van der Waals surface area contributed by atoms with Gasteiger partial charge in [0.05, 0.1) is 23.7 Å². The van der Waals surface area contributed by atoms with E-state index in [-0.39, 0.29) is 11.3 Å². The third-order valence-electron chi connectivity index (χ3n) is 5.03. The van der Waals surface area contributed by atoms with E-state index in [1.54, 1.807) is 31.4 Å². The predicted molar refractivity (Wildman–Crippen MR) is 131 cm³/mol. The molecule has 0 saturated heterocycles. The van der Waals surface area contributed by atoms with E-state index in [1.807, 2.05) is 48.5 Å². The van der Waals surface area contributed by atoms with Crippen molar-refractivity contribution < 1.29 is 23.9 Å². The maximum Gasteiger partial charge on any atom is 0.412 e. The second-order valence-electron chi connectivity index (χ2n) is 8.72. The van der Waals surface area contributed by atoms with Crippen molar-refractivity contribution in [1.29, 1.82) is 0 Å². The number of rotatable bonds is 3. The Balaban J connectivity index is 1.71. The molecule has 0 radical (unpaired) electrons. The quantitative estimate of drug-likeness (QED) is 0.366. The zero-order valence-corrected chi connectivity index (χ0v) is 19.3. The number of carbonyl (C=O) groups excluding carboxylic acids is 3. The summed E-state index contributed by atoms with van der Waals surface area (Å²) in [6.07, 6.45) is -0.686. The molecular weight excluding hydrogens is 434 g/mol. The first-order chi connectivity index (χ1) is 16.2. The molecule has 0 aliphatic carbocycles. The summed E-state index contributed by atoms with van der Waals surface area (Å²) in [6.45, 7) is 5.23. The Hall–Kier alpha value is -4.33. The van der Waals surface area contributed by atoms with Gasteiger partial charge in [0.1, 0.15) is 5.60 Å². The first-order valence-corrected chi connectivity index (χ1v) is 10.7. The third kappa shape index (κ3) is 4.71. The van der Waals surface area contributed by atoms with Gasteiger partial charge < -0.3 is 14.8 Å². The van der Waals surface area contributed by atoms with E-state index in [9.17, 15) is 14.4 Å². The van der Waals surface area contributed by atoms with E-state index in [0.717, 1.165) is 21.8 Å².